The lowest BCUT2D eigenvalue weighted by Gasteiger charge is -2.12. The topological polar surface area (TPSA) is 92.7 Å². The van der Waals surface area contributed by atoms with Crippen LogP contribution in [0.3, 0.4) is 0 Å². The molecule has 0 heterocycles. The van der Waals surface area contributed by atoms with Gasteiger partial charge in [0.05, 0.1) is 10.5 Å². The van der Waals surface area contributed by atoms with Crippen LogP contribution in [-0.2, 0) is 14.9 Å². The van der Waals surface area contributed by atoms with Gasteiger partial charge in [0.15, 0.2) is 6.61 Å². The van der Waals surface area contributed by atoms with Crippen molar-refractivity contribution < 1.29 is 36.3 Å². The molecule has 21 heavy (non-hydrogen) atoms. The van der Waals surface area contributed by atoms with Crippen molar-refractivity contribution in [2.45, 2.75) is 18.0 Å². The zero-order valence-electron chi connectivity index (χ0n) is 10.4. The standard InChI is InChI=1S/C10H9BrF3NO5S/c1-5-2-6(9(16)17)3-7(8(5)11)21(18,19)15-20-4-10(12,13)14/h2-3,15H,4H2,1H3,(H,16,17). The minimum atomic E-state index is -4.71. The van der Waals surface area contributed by atoms with E-state index in [-0.39, 0.29) is 15.6 Å². The third-order valence-corrected chi connectivity index (χ3v) is 4.72. The molecule has 0 radical (unpaired) electrons. The fourth-order valence-corrected chi connectivity index (χ4v) is 3.14. The van der Waals surface area contributed by atoms with E-state index in [4.69, 9.17) is 5.11 Å². The summed E-state index contributed by atoms with van der Waals surface area (Å²) in [4.78, 5) is 15.5. The van der Waals surface area contributed by atoms with E-state index in [0.717, 1.165) is 6.07 Å². The third-order valence-electron chi connectivity index (χ3n) is 2.16. The molecule has 11 heteroatoms. The number of rotatable bonds is 5. The van der Waals surface area contributed by atoms with Gasteiger partial charge in [0.2, 0.25) is 0 Å². The fourth-order valence-electron chi connectivity index (χ4n) is 1.29. The highest BCUT2D eigenvalue weighted by molar-refractivity contribution is 9.10. The zero-order chi connectivity index (χ0) is 16.4. The molecule has 0 unspecified atom stereocenters. The number of sulfonamides is 1. The first kappa shape index (κ1) is 17.9. The largest absolute Gasteiger partial charge is 0.478 e. The molecular weight excluding hydrogens is 383 g/mol. The third kappa shape index (κ3) is 4.95. The van der Waals surface area contributed by atoms with Crippen LogP contribution in [0.25, 0.3) is 0 Å². The molecule has 0 saturated heterocycles. The van der Waals surface area contributed by atoms with Gasteiger partial charge in [-0.25, -0.2) is 13.2 Å². The summed E-state index contributed by atoms with van der Waals surface area (Å²) < 4.78 is 59.4. The van der Waals surface area contributed by atoms with Gasteiger partial charge in [-0.1, -0.05) is 4.89 Å². The van der Waals surface area contributed by atoms with Gasteiger partial charge in [0.1, 0.15) is 0 Å². The summed E-state index contributed by atoms with van der Waals surface area (Å²) in [5.74, 6) is -1.38. The van der Waals surface area contributed by atoms with E-state index in [2.05, 4.69) is 20.8 Å². The summed E-state index contributed by atoms with van der Waals surface area (Å²) in [7, 11) is -4.47. The first-order valence-corrected chi connectivity index (χ1v) is 7.45. The average molecular weight is 392 g/mol. The van der Waals surface area contributed by atoms with Crippen LogP contribution in [0, 0.1) is 6.92 Å². The van der Waals surface area contributed by atoms with Crippen LogP contribution in [0.2, 0.25) is 0 Å². The quantitative estimate of drug-likeness (QED) is 0.750. The first-order valence-electron chi connectivity index (χ1n) is 5.18. The van der Waals surface area contributed by atoms with Gasteiger partial charge < -0.3 is 5.11 Å². The van der Waals surface area contributed by atoms with Crippen molar-refractivity contribution in [3.05, 3.63) is 27.7 Å². The molecule has 0 spiro atoms. The number of alkyl halides is 3. The molecule has 1 aromatic carbocycles. The molecule has 6 nitrogen and oxygen atoms in total. The summed E-state index contributed by atoms with van der Waals surface area (Å²) in [5, 5.41) is 8.86. The number of halogens is 4. The lowest BCUT2D eigenvalue weighted by Crippen LogP contribution is -2.30. The molecule has 1 rings (SSSR count). The number of hydrogen-bond acceptors (Lipinski definition) is 4. The van der Waals surface area contributed by atoms with Crippen molar-refractivity contribution >= 4 is 31.9 Å². The number of aromatic carboxylic acids is 1. The minimum absolute atomic E-state index is 0.0237. The number of carboxylic acid groups (broad SMARTS) is 1. The molecule has 2 N–H and O–H groups in total. The Bertz CT molecular complexity index is 659. The molecule has 0 aromatic heterocycles. The maximum absolute atomic E-state index is 11.9. The Labute approximate surface area is 126 Å². The lowest BCUT2D eigenvalue weighted by atomic mass is 10.1. The first-order chi connectivity index (χ1) is 9.44. The molecule has 0 bridgehead atoms. The highest BCUT2D eigenvalue weighted by atomic mass is 79.9. The van der Waals surface area contributed by atoms with E-state index in [1.165, 1.54) is 17.9 Å². The van der Waals surface area contributed by atoms with Gasteiger partial charge >= 0.3 is 12.1 Å². The highest BCUT2D eigenvalue weighted by Gasteiger charge is 2.30. The van der Waals surface area contributed by atoms with Crippen molar-refractivity contribution in [2.24, 2.45) is 0 Å². The van der Waals surface area contributed by atoms with Crippen molar-refractivity contribution in [1.29, 1.82) is 0 Å². The zero-order valence-corrected chi connectivity index (χ0v) is 12.8. The number of nitrogens with one attached hydrogen (secondary N) is 1. The molecule has 0 atom stereocenters. The van der Waals surface area contributed by atoms with Crippen LogP contribution in [-0.4, -0.2) is 32.3 Å². The monoisotopic (exact) mass is 391 g/mol. The Morgan fingerprint density at radius 3 is 2.48 bits per heavy atom. The van der Waals surface area contributed by atoms with Crippen LogP contribution in [0.1, 0.15) is 15.9 Å². The van der Waals surface area contributed by atoms with Gasteiger partial charge in [-0.2, -0.15) is 13.2 Å². The molecular formula is C10H9BrF3NO5S. The van der Waals surface area contributed by atoms with Crippen LogP contribution in [0.5, 0.6) is 0 Å². The van der Waals surface area contributed by atoms with Crippen molar-refractivity contribution in [3.8, 4) is 0 Å². The second-order valence-corrected chi connectivity index (χ2v) is 6.31. The van der Waals surface area contributed by atoms with Crippen LogP contribution in [0.4, 0.5) is 13.2 Å². The Kier molecular flexibility index (Phi) is 5.36. The van der Waals surface area contributed by atoms with Crippen LogP contribution < -0.4 is 4.89 Å². The molecule has 0 saturated carbocycles. The van der Waals surface area contributed by atoms with E-state index in [1.54, 1.807) is 0 Å². The van der Waals surface area contributed by atoms with Gasteiger partial charge in [-0.05, 0) is 40.5 Å². The molecule has 0 aliphatic rings. The molecule has 1 aromatic rings. The normalized spacial score (nSPS) is 12.4. The Balaban J connectivity index is 3.11. The Morgan fingerprint density at radius 2 is 2.00 bits per heavy atom. The van der Waals surface area contributed by atoms with Crippen molar-refractivity contribution in [2.75, 3.05) is 6.61 Å². The Morgan fingerprint density at radius 1 is 1.43 bits per heavy atom. The van der Waals surface area contributed by atoms with E-state index in [0.29, 0.717) is 0 Å². The van der Waals surface area contributed by atoms with E-state index < -0.39 is 33.7 Å². The summed E-state index contributed by atoms with van der Waals surface area (Å²) >= 11 is 2.94. The van der Waals surface area contributed by atoms with Gasteiger partial charge in [-0.3, -0.25) is 4.84 Å². The summed E-state index contributed by atoms with van der Waals surface area (Å²) in [5.41, 5.74) is -0.0435. The predicted molar refractivity (Wildman–Crippen MR) is 68.2 cm³/mol. The van der Waals surface area contributed by atoms with E-state index >= 15 is 0 Å². The predicted octanol–water partition coefficient (Wildman–Crippen LogP) is 2.23. The van der Waals surface area contributed by atoms with Gasteiger partial charge in [-0.15, -0.1) is 0 Å². The summed E-state index contributed by atoms with van der Waals surface area (Å²) in [6.45, 7) is -0.381. The fraction of sp³-hybridized carbons (Fsp3) is 0.300. The second kappa shape index (κ2) is 6.30. The maximum Gasteiger partial charge on any atom is 0.413 e. The second-order valence-electron chi connectivity index (χ2n) is 3.90. The number of aryl methyl sites for hydroxylation is 1. The lowest BCUT2D eigenvalue weighted by molar-refractivity contribution is -0.181. The smallest absolute Gasteiger partial charge is 0.413 e. The summed E-state index contributed by atoms with van der Waals surface area (Å²) in [6, 6.07) is 2.01. The van der Waals surface area contributed by atoms with Crippen LogP contribution in [0.15, 0.2) is 21.5 Å². The van der Waals surface area contributed by atoms with E-state index in [9.17, 15) is 26.4 Å². The van der Waals surface area contributed by atoms with E-state index in [1.807, 2.05) is 0 Å². The number of carbonyl (C=O) groups is 1. The summed E-state index contributed by atoms with van der Waals surface area (Å²) in [6.07, 6.45) is -4.71. The number of carboxylic acids is 1. The Hall–Kier alpha value is -1.17. The molecule has 0 fully saturated rings. The average Bonchev–Trinajstić information content (AvgIpc) is 2.29. The number of hydrogen-bond donors (Lipinski definition) is 2. The highest BCUT2D eigenvalue weighted by Crippen LogP contribution is 2.27. The molecule has 0 aliphatic heterocycles. The number of benzene rings is 1. The minimum Gasteiger partial charge on any atom is -0.478 e. The van der Waals surface area contributed by atoms with Crippen molar-refractivity contribution in [3.63, 3.8) is 0 Å². The molecule has 0 amide bonds. The van der Waals surface area contributed by atoms with Gasteiger partial charge in [0, 0.05) is 4.47 Å². The van der Waals surface area contributed by atoms with Crippen LogP contribution >= 0.6 is 15.9 Å². The van der Waals surface area contributed by atoms with Gasteiger partial charge in [0.25, 0.3) is 10.0 Å². The van der Waals surface area contributed by atoms with Crippen molar-refractivity contribution in [1.82, 2.24) is 4.89 Å². The molecule has 0 aliphatic carbocycles. The SMILES string of the molecule is Cc1cc(C(=O)O)cc(S(=O)(=O)NOCC(F)(F)F)c1Br. The maximum atomic E-state index is 11.9. The molecule has 118 valence electrons.